The Hall–Kier alpha value is -1.03. The molecular formula is C14H24N4. The molecular weight excluding hydrogens is 224 g/mol. The van der Waals surface area contributed by atoms with E-state index in [-0.39, 0.29) is 0 Å². The third kappa shape index (κ3) is 2.03. The van der Waals surface area contributed by atoms with E-state index in [2.05, 4.69) is 41.8 Å². The van der Waals surface area contributed by atoms with E-state index in [1.54, 1.807) is 0 Å². The minimum Gasteiger partial charge on any atom is -0.340 e. The fraction of sp³-hybridized carbons (Fsp3) is 0.786. The van der Waals surface area contributed by atoms with Crippen LogP contribution in [0, 0.1) is 12.8 Å². The average Bonchev–Trinajstić information content (AvgIpc) is 2.91. The summed E-state index contributed by atoms with van der Waals surface area (Å²) in [6.45, 7) is 10.0. The van der Waals surface area contributed by atoms with Crippen LogP contribution in [0.4, 0.5) is 5.95 Å². The number of hydrogen-bond acceptors (Lipinski definition) is 3. The van der Waals surface area contributed by atoms with E-state index >= 15 is 0 Å². The molecule has 0 amide bonds. The van der Waals surface area contributed by atoms with Gasteiger partial charge in [0.1, 0.15) is 0 Å². The van der Waals surface area contributed by atoms with Gasteiger partial charge in [0.2, 0.25) is 5.95 Å². The third-order valence-electron chi connectivity index (χ3n) is 4.27. The summed E-state index contributed by atoms with van der Waals surface area (Å²) in [6, 6.07) is 1.16. The van der Waals surface area contributed by atoms with Gasteiger partial charge in [0.05, 0.1) is 5.69 Å². The van der Waals surface area contributed by atoms with E-state index in [9.17, 15) is 0 Å². The Morgan fingerprint density at radius 2 is 2.22 bits per heavy atom. The van der Waals surface area contributed by atoms with Crippen LogP contribution in [0.25, 0.3) is 0 Å². The van der Waals surface area contributed by atoms with Gasteiger partial charge in [-0.2, -0.15) is 0 Å². The van der Waals surface area contributed by atoms with Crippen molar-refractivity contribution in [1.29, 1.82) is 0 Å². The SMILES string of the molecule is Cc1cn(C(C)C)c(N2CC3CCCNC3C2)n1. The molecule has 4 heteroatoms. The molecule has 2 saturated heterocycles. The zero-order chi connectivity index (χ0) is 12.7. The van der Waals surface area contributed by atoms with Gasteiger partial charge in [0, 0.05) is 31.4 Å². The first-order valence-corrected chi connectivity index (χ1v) is 7.19. The van der Waals surface area contributed by atoms with Crippen LogP contribution in [0.2, 0.25) is 0 Å². The largest absolute Gasteiger partial charge is 0.340 e. The van der Waals surface area contributed by atoms with Crippen LogP contribution in [0.5, 0.6) is 0 Å². The molecule has 100 valence electrons. The molecule has 0 bridgehead atoms. The van der Waals surface area contributed by atoms with E-state index in [0.717, 1.165) is 18.2 Å². The molecule has 0 saturated carbocycles. The lowest BCUT2D eigenvalue weighted by atomic mass is 9.94. The third-order valence-corrected chi connectivity index (χ3v) is 4.27. The van der Waals surface area contributed by atoms with Gasteiger partial charge < -0.3 is 14.8 Å². The minimum absolute atomic E-state index is 0.483. The second-order valence-corrected chi connectivity index (χ2v) is 6.05. The van der Waals surface area contributed by atoms with Gasteiger partial charge in [-0.05, 0) is 46.1 Å². The Labute approximate surface area is 109 Å². The lowest BCUT2D eigenvalue weighted by molar-refractivity contribution is 0.340. The maximum absolute atomic E-state index is 4.73. The lowest BCUT2D eigenvalue weighted by Gasteiger charge is -2.24. The fourth-order valence-electron chi connectivity index (χ4n) is 3.33. The summed E-state index contributed by atoms with van der Waals surface area (Å²) < 4.78 is 2.31. The van der Waals surface area contributed by atoms with E-state index in [1.165, 1.54) is 31.9 Å². The average molecular weight is 248 g/mol. The first kappa shape index (κ1) is 12.0. The predicted octanol–water partition coefficient (Wildman–Crippen LogP) is 1.96. The van der Waals surface area contributed by atoms with Crippen LogP contribution < -0.4 is 10.2 Å². The first-order chi connectivity index (χ1) is 8.65. The maximum Gasteiger partial charge on any atom is 0.206 e. The van der Waals surface area contributed by atoms with Crippen molar-refractivity contribution in [2.75, 3.05) is 24.5 Å². The predicted molar refractivity (Wildman–Crippen MR) is 74.1 cm³/mol. The van der Waals surface area contributed by atoms with E-state index < -0.39 is 0 Å². The number of imidazole rings is 1. The molecule has 2 aliphatic rings. The topological polar surface area (TPSA) is 33.1 Å². The molecule has 3 rings (SSSR count). The summed E-state index contributed by atoms with van der Waals surface area (Å²) in [6.07, 6.45) is 4.87. The molecule has 0 radical (unpaired) electrons. The maximum atomic E-state index is 4.73. The van der Waals surface area contributed by atoms with Crippen LogP contribution in [-0.2, 0) is 0 Å². The first-order valence-electron chi connectivity index (χ1n) is 7.19. The summed E-state index contributed by atoms with van der Waals surface area (Å²) in [5.74, 6) is 1.98. The number of hydrogen-bond donors (Lipinski definition) is 1. The molecule has 1 aromatic rings. The van der Waals surface area contributed by atoms with E-state index in [4.69, 9.17) is 4.98 Å². The van der Waals surface area contributed by atoms with Crippen molar-refractivity contribution in [2.24, 2.45) is 5.92 Å². The summed E-state index contributed by atoms with van der Waals surface area (Å²) >= 11 is 0. The van der Waals surface area contributed by atoms with Crippen LogP contribution in [-0.4, -0.2) is 35.2 Å². The van der Waals surface area contributed by atoms with Crippen LogP contribution >= 0.6 is 0 Å². The van der Waals surface area contributed by atoms with Gasteiger partial charge in [-0.3, -0.25) is 0 Å². The van der Waals surface area contributed by atoms with Crippen molar-refractivity contribution in [3.8, 4) is 0 Å². The molecule has 0 spiro atoms. The highest BCUT2D eigenvalue weighted by Crippen LogP contribution is 2.29. The van der Waals surface area contributed by atoms with Crippen LogP contribution in [0.15, 0.2) is 6.20 Å². The van der Waals surface area contributed by atoms with Gasteiger partial charge in [-0.1, -0.05) is 0 Å². The Kier molecular flexibility index (Phi) is 3.06. The Morgan fingerprint density at radius 3 is 2.94 bits per heavy atom. The van der Waals surface area contributed by atoms with Gasteiger partial charge >= 0.3 is 0 Å². The highest BCUT2D eigenvalue weighted by molar-refractivity contribution is 5.37. The molecule has 0 aliphatic carbocycles. The zero-order valence-corrected chi connectivity index (χ0v) is 11.7. The molecule has 2 unspecified atom stereocenters. The quantitative estimate of drug-likeness (QED) is 0.868. The molecule has 4 nitrogen and oxygen atoms in total. The molecule has 0 aromatic carbocycles. The summed E-state index contributed by atoms with van der Waals surface area (Å²) in [5, 5.41) is 3.66. The van der Waals surface area contributed by atoms with Gasteiger partial charge in [0.15, 0.2) is 0 Å². The van der Waals surface area contributed by atoms with Crippen LogP contribution in [0.3, 0.4) is 0 Å². The molecule has 2 fully saturated rings. The standard InChI is InChI=1S/C14H24N4/c1-10(2)18-7-11(3)16-14(18)17-8-12-5-4-6-15-13(12)9-17/h7,10,12-13,15H,4-6,8-9H2,1-3H3. The van der Waals surface area contributed by atoms with Crippen molar-refractivity contribution >= 4 is 5.95 Å². The molecule has 18 heavy (non-hydrogen) atoms. The lowest BCUT2D eigenvalue weighted by Crippen LogP contribution is -2.40. The summed E-state index contributed by atoms with van der Waals surface area (Å²) in [5.41, 5.74) is 1.13. The van der Waals surface area contributed by atoms with Gasteiger partial charge in [-0.15, -0.1) is 0 Å². The van der Waals surface area contributed by atoms with Crippen LogP contribution in [0.1, 0.15) is 38.4 Å². The van der Waals surface area contributed by atoms with E-state index in [0.29, 0.717) is 12.1 Å². The molecule has 3 heterocycles. The second-order valence-electron chi connectivity index (χ2n) is 6.05. The van der Waals surface area contributed by atoms with Crippen molar-refractivity contribution in [2.45, 2.75) is 45.7 Å². The highest BCUT2D eigenvalue weighted by Gasteiger charge is 2.36. The number of nitrogens with zero attached hydrogens (tertiary/aromatic N) is 3. The number of aromatic nitrogens is 2. The molecule has 2 atom stereocenters. The highest BCUT2D eigenvalue weighted by atomic mass is 15.3. The van der Waals surface area contributed by atoms with E-state index in [1.807, 2.05) is 0 Å². The Morgan fingerprint density at radius 1 is 1.39 bits per heavy atom. The minimum atomic E-state index is 0.483. The number of piperidine rings is 1. The number of rotatable bonds is 2. The van der Waals surface area contributed by atoms with Crippen molar-refractivity contribution < 1.29 is 0 Å². The van der Waals surface area contributed by atoms with Crippen molar-refractivity contribution in [3.63, 3.8) is 0 Å². The molecule has 1 aromatic heterocycles. The summed E-state index contributed by atoms with van der Waals surface area (Å²) in [7, 11) is 0. The number of anilines is 1. The number of aryl methyl sites for hydroxylation is 1. The number of fused-ring (bicyclic) bond motifs is 1. The van der Waals surface area contributed by atoms with Gasteiger partial charge in [-0.25, -0.2) is 4.98 Å². The smallest absolute Gasteiger partial charge is 0.206 e. The Balaban J connectivity index is 1.83. The monoisotopic (exact) mass is 248 g/mol. The molecule has 1 N–H and O–H groups in total. The molecule has 2 aliphatic heterocycles. The second kappa shape index (κ2) is 4.57. The van der Waals surface area contributed by atoms with Gasteiger partial charge in [0.25, 0.3) is 0 Å². The normalized spacial score (nSPS) is 27.9. The van der Waals surface area contributed by atoms with Crippen molar-refractivity contribution in [3.05, 3.63) is 11.9 Å². The Bertz CT molecular complexity index is 409. The fourth-order valence-corrected chi connectivity index (χ4v) is 3.33. The number of nitrogens with one attached hydrogen (secondary N) is 1. The van der Waals surface area contributed by atoms with Crippen molar-refractivity contribution in [1.82, 2.24) is 14.9 Å². The zero-order valence-electron chi connectivity index (χ0n) is 11.7. The summed E-state index contributed by atoms with van der Waals surface area (Å²) in [4.78, 5) is 7.21.